The third-order valence-corrected chi connectivity index (χ3v) is 2.88. The van der Waals surface area contributed by atoms with Crippen molar-refractivity contribution in [2.24, 2.45) is 5.73 Å². The molecule has 1 rings (SSSR count). The van der Waals surface area contributed by atoms with Gasteiger partial charge in [-0.15, -0.1) is 12.4 Å². The number of amides is 1. The Kier molecular flexibility index (Phi) is 9.33. The summed E-state index contributed by atoms with van der Waals surface area (Å²) in [6.45, 7) is 0.990. The van der Waals surface area contributed by atoms with Crippen LogP contribution in [0.25, 0.3) is 0 Å². The number of rotatable bonds is 7. The van der Waals surface area contributed by atoms with E-state index < -0.39 is 6.10 Å². The molecule has 0 aliphatic heterocycles. The number of methoxy groups -OCH3 is 1. The van der Waals surface area contributed by atoms with Crippen LogP contribution in [-0.2, 0) is 9.53 Å². The van der Waals surface area contributed by atoms with Crippen LogP contribution in [0.5, 0.6) is 5.75 Å². The average Bonchev–Trinajstić information content (AvgIpc) is 2.40. The first-order chi connectivity index (χ1) is 9.08. The normalized spacial score (nSPS) is 11.4. The molecule has 1 amide bonds. The Morgan fingerprint density at radius 1 is 1.50 bits per heavy atom. The number of ether oxygens (including phenoxy) is 2. The fraction of sp³-hybridized carbons (Fsp3) is 0.462. The minimum atomic E-state index is -0.601. The van der Waals surface area contributed by atoms with Crippen LogP contribution in [-0.4, -0.2) is 50.8 Å². The molecule has 0 saturated carbocycles. The summed E-state index contributed by atoms with van der Waals surface area (Å²) in [5.74, 6) is 0.523. The molecule has 2 N–H and O–H groups in total. The van der Waals surface area contributed by atoms with Gasteiger partial charge in [0.25, 0.3) is 5.91 Å². The Bertz CT molecular complexity index is 414. The van der Waals surface area contributed by atoms with E-state index in [1.807, 2.05) is 12.1 Å². The van der Waals surface area contributed by atoms with Gasteiger partial charge in [-0.05, 0) is 18.2 Å². The Morgan fingerprint density at radius 2 is 2.20 bits per heavy atom. The Balaban J connectivity index is 0.00000361. The second kappa shape index (κ2) is 9.83. The highest BCUT2D eigenvalue weighted by Crippen LogP contribution is 2.16. The summed E-state index contributed by atoms with van der Waals surface area (Å²) in [6, 6.07) is 7.11. The van der Waals surface area contributed by atoms with Crippen LogP contribution in [0.1, 0.15) is 0 Å². The van der Waals surface area contributed by atoms with Gasteiger partial charge in [-0.2, -0.15) is 0 Å². The van der Waals surface area contributed by atoms with E-state index in [0.29, 0.717) is 23.9 Å². The molecule has 0 heterocycles. The van der Waals surface area contributed by atoms with Crippen molar-refractivity contribution in [3.05, 3.63) is 29.3 Å². The summed E-state index contributed by atoms with van der Waals surface area (Å²) < 4.78 is 10.5. The van der Waals surface area contributed by atoms with E-state index in [2.05, 4.69) is 0 Å². The van der Waals surface area contributed by atoms with E-state index in [4.69, 9.17) is 26.8 Å². The Morgan fingerprint density at radius 3 is 2.75 bits per heavy atom. The summed E-state index contributed by atoms with van der Waals surface area (Å²) >= 11 is 5.84. The quantitative estimate of drug-likeness (QED) is 0.827. The maximum atomic E-state index is 11.8. The molecule has 0 fully saturated rings. The van der Waals surface area contributed by atoms with Crippen molar-refractivity contribution in [3.63, 3.8) is 0 Å². The lowest BCUT2D eigenvalue weighted by Gasteiger charge is -2.22. The zero-order chi connectivity index (χ0) is 14.3. The molecule has 114 valence electrons. The number of benzene rings is 1. The fourth-order valence-electron chi connectivity index (χ4n) is 1.51. The fourth-order valence-corrected chi connectivity index (χ4v) is 1.69. The molecule has 7 heteroatoms. The van der Waals surface area contributed by atoms with Crippen LogP contribution in [0.2, 0.25) is 5.02 Å². The van der Waals surface area contributed by atoms with E-state index in [9.17, 15) is 4.79 Å². The van der Waals surface area contributed by atoms with Gasteiger partial charge >= 0.3 is 0 Å². The molecule has 1 atom stereocenters. The summed E-state index contributed by atoms with van der Waals surface area (Å²) in [4.78, 5) is 13.4. The lowest BCUT2D eigenvalue weighted by atomic mass is 10.3. The van der Waals surface area contributed by atoms with Crippen molar-refractivity contribution in [2.45, 2.75) is 6.10 Å². The molecule has 0 radical (unpaired) electrons. The second-order valence-corrected chi connectivity index (χ2v) is 4.46. The summed E-state index contributed by atoms with van der Waals surface area (Å²) in [5.41, 5.74) is 5.44. The highest BCUT2D eigenvalue weighted by atomic mass is 35.5. The number of halogens is 2. The first-order valence-electron chi connectivity index (χ1n) is 5.94. The summed E-state index contributed by atoms with van der Waals surface area (Å²) in [7, 11) is 3.15. The molecule has 0 spiro atoms. The predicted octanol–water partition coefficient (Wildman–Crippen LogP) is 1.57. The summed E-state index contributed by atoms with van der Waals surface area (Å²) in [5, 5.41) is 0.615. The maximum Gasteiger partial charge on any atom is 0.252 e. The van der Waals surface area contributed by atoms with Gasteiger partial charge in [-0.3, -0.25) is 4.79 Å². The van der Waals surface area contributed by atoms with Crippen LogP contribution in [0.15, 0.2) is 24.3 Å². The van der Waals surface area contributed by atoms with Gasteiger partial charge in [-0.1, -0.05) is 17.7 Å². The van der Waals surface area contributed by atoms with E-state index in [1.165, 1.54) is 12.0 Å². The number of likely N-dealkylation sites (N-methyl/N-ethyl adjacent to an activating group) is 1. The molecule has 1 aromatic rings. The zero-order valence-electron chi connectivity index (χ0n) is 11.5. The molecular formula is C13H20Cl2N2O3. The second-order valence-electron chi connectivity index (χ2n) is 4.03. The number of nitrogens with zero attached hydrogens (tertiary/aromatic N) is 1. The predicted molar refractivity (Wildman–Crippen MR) is 81.7 cm³/mol. The lowest BCUT2D eigenvalue weighted by Crippen LogP contribution is -2.43. The van der Waals surface area contributed by atoms with Gasteiger partial charge in [0.05, 0.1) is 6.54 Å². The molecule has 1 unspecified atom stereocenters. The van der Waals surface area contributed by atoms with Crippen molar-refractivity contribution in [1.82, 2.24) is 4.90 Å². The molecule has 1 aromatic carbocycles. The SMILES string of the molecule is COC(CN)C(=O)N(C)CCOc1cccc(Cl)c1.Cl. The maximum absolute atomic E-state index is 11.8. The number of carbonyl (C=O) groups excluding carboxylic acids is 1. The zero-order valence-corrected chi connectivity index (χ0v) is 13.1. The molecule has 0 aliphatic rings. The molecule has 20 heavy (non-hydrogen) atoms. The smallest absolute Gasteiger partial charge is 0.252 e. The van der Waals surface area contributed by atoms with Crippen molar-refractivity contribution < 1.29 is 14.3 Å². The van der Waals surface area contributed by atoms with E-state index in [-0.39, 0.29) is 24.9 Å². The first kappa shape index (κ1) is 19.0. The third-order valence-electron chi connectivity index (χ3n) is 2.64. The van der Waals surface area contributed by atoms with Crippen molar-refractivity contribution in [1.29, 1.82) is 0 Å². The largest absolute Gasteiger partial charge is 0.492 e. The van der Waals surface area contributed by atoms with Crippen molar-refractivity contribution >= 4 is 29.9 Å². The third kappa shape index (κ3) is 5.96. The lowest BCUT2D eigenvalue weighted by molar-refractivity contribution is -0.140. The van der Waals surface area contributed by atoms with Gasteiger partial charge in [-0.25, -0.2) is 0 Å². The minimum Gasteiger partial charge on any atom is -0.492 e. The summed E-state index contributed by atoms with van der Waals surface area (Å²) in [6.07, 6.45) is -0.601. The highest BCUT2D eigenvalue weighted by Gasteiger charge is 2.19. The average molecular weight is 323 g/mol. The van der Waals surface area contributed by atoms with Gasteiger partial charge in [0, 0.05) is 25.7 Å². The molecule has 0 bridgehead atoms. The Labute approximate surface area is 130 Å². The van der Waals surface area contributed by atoms with Crippen molar-refractivity contribution in [3.8, 4) is 5.75 Å². The topological polar surface area (TPSA) is 64.8 Å². The van der Waals surface area contributed by atoms with Gasteiger partial charge in [0.1, 0.15) is 18.5 Å². The number of hydrogen-bond acceptors (Lipinski definition) is 4. The Hall–Kier alpha value is -1.01. The van der Waals surface area contributed by atoms with Crippen LogP contribution < -0.4 is 10.5 Å². The van der Waals surface area contributed by atoms with Gasteiger partial charge in [0.2, 0.25) is 0 Å². The van der Waals surface area contributed by atoms with E-state index >= 15 is 0 Å². The van der Waals surface area contributed by atoms with Crippen LogP contribution in [0.3, 0.4) is 0 Å². The molecule has 0 saturated heterocycles. The number of nitrogens with two attached hydrogens (primary N) is 1. The van der Waals surface area contributed by atoms with E-state index in [0.717, 1.165) is 0 Å². The van der Waals surface area contributed by atoms with Crippen molar-refractivity contribution in [2.75, 3.05) is 33.9 Å². The molecule has 0 aromatic heterocycles. The van der Waals surface area contributed by atoms with Gasteiger partial charge in [0.15, 0.2) is 0 Å². The van der Waals surface area contributed by atoms with Crippen LogP contribution in [0.4, 0.5) is 0 Å². The standard InChI is InChI=1S/C13H19ClN2O3.ClH/c1-16(13(17)12(9-15)18-2)6-7-19-11-5-3-4-10(14)8-11;/h3-5,8,12H,6-7,9,15H2,1-2H3;1H. The molecule has 5 nitrogen and oxygen atoms in total. The molecule has 0 aliphatic carbocycles. The minimum absolute atomic E-state index is 0. The van der Waals surface area contributed by atoms with Gasteiger partial charge < -0.3 is 20.1 Å². The number of carbonyl (C=O) groups is 1. The molecular weight excluding hydrogens is 303 g/mol. The first-order valence-corrected chi connectivity index (χ1v) is 6.32. The van der Waals surface area contributed by atoms with Crippen LogP contribution in [0, 0.1) is 0 Å². The highest BCUT2D eigenvalue weighted by molar-refractivity contribution is 6.30. The number of hydrogen-bond donors (Lipinski definition) is 1. The van der Waals surface area contributed by atoms with Crippen LogP contribution >= 0.6 is 24.0 Å². The van der Waals surface area contributed by atoms with E-state index in [1.54, 1.807) is 19.2 Å². The monoisotopic (exact) mass is 322 g/mol.